The van der Waals surface area contributed by atoms with Gasteiger partial charge in [-0.3, -0.25) is 9.59 Å². The van der Waals surface area contributed by atoms with Crippen LogP contribution in [-0.4, -0.2) is 46.9 Å². The van der Waals surface area contributed by atoms with Gasteiger partial charge in [0.15, 0.2) is 0 Å². The zero-order valence-corrected chi connectivity index (χ0v) is 39.6. The summed E-state index contributed by atoms with van der Waals surface area (Å²) in [4.78, 5) is 26.1. The van der Waals surface area contributed by atoms with Crippen molar-refractivity contribution >= 4 is 11.9 Å². The van der Waals surface area contributed by atoms with E-state index in [0.29, 0.717) is 19.3 Å². The molecule has 0 spiro atoms. The molecule has 0 bridgehead atoms. The summed E-state index contributed by atoms with van der Waals surface area (Å²) < 4.78 is 5.91. The maximum absolute atomic E-state index is 13.2. The van der Waals surface area contributed by atoms with Gasteiger partial charge in [0.1, 0.15) is 6.10 Å². The van der Waals surface area contributed by atoms with Crippen LogP contribution < -0.4 is 5.32 Å². The molecule has 60 heavy (non-hydrogen) atoms. The summed E-state index contributed by atoms with van der Waals surface area (Å²) in [5.74, 6) is -0.509. The number of aliphatic hydroxyl groups excluding tert-OH is 2. The summed E-state index contributed by atoms with van der Waals surface area (Å²) >= 11 is 0. The van der Waals surface area contributed by atoms with Gasteiger partial charge in [0.05, 0.1) is 25.2 Å². The molecule has 6 nitrogen and oxygen atoms in total. The maximum Gasteiger partial charge on any atom is 0.306 e. The van der Waals surface area contributed by atoms with Crippen molar-refractivity contribution < 1.29 is 24.5 Å². The monoisotopic (exact) mass is 840 g/mol. The van der Waals surface area contributed by atoms with E-state index < -0.39 is 18.2 Å². The van der Waals surface area contributed by atoms with Gasteiger partial charge in [-0.05, 0) is 70.6 Å². The van der Waals surface area contributed by atoms with E-state index in [0.717, 1.165) is 96.3 Å². The quantitative estimate of drug-likeness (QED) is 0.0322. The molecule has 0 aliphatic heterocycles. The lowest BCUT2D eigenvalue weighted by atomic mass is 10.0. The lowest BCUT2D eigenvalue weighted by Gasteiger charge is -2.24. The van der Waals surface area contributed by atoms with Gasteiger partial charge in [-0.1, -0.05) is 223 Å². The van der Waals surface area contributed by atoms with Crippen LogP contribution in [0.4, 0.5) is 0 Å². The average molecular weight is 840 g/mol. The number of rotatable bonds is 45. The number of unbranched alkanes of at least 4 members (excludes halogenated alkanes) is 23. The smallest absolute Gasteiger partial charge is 0.306 e. The Bertz CT molecular complexity index is 1080. The van der Waals surface area contributed by atoms with Crippen molar-refractivity contribution in [3.63, 3.8) is 0 Å². The molecular weight excluding hydrogens is 743 g/mol. The van der Waals surface area contributed by atoms with Crippen molar-refractivity contribution in [2.45, 2.75) is 264 Å². The summed E-state index contributed by atoms with van der Waals surface area (Å²) in [5.41, 5.74) is 0. The maximum atomic E-state index is 13.2. The Morgan fingerprint density at radius 1 is 0.500 bits per heavy atom. The molecule has 0 aromatic heterocycles. The predicted octanol–water partition coefficient (Wildman–Crippen LogP) is 15.2. The Morgan fingerprint density at radius 2 is 0.900 bits per heavy atom. The number of allylic oxidation sites excluding steroid dienone is 10. The zero-order chi connectivity index (χ0) is 43.8. The van der Waals surface area contributed by atoms with Gasteiger partial charge in [-0.25, -0.2) is 0 Å². The summed E-state index contributed by atoms with van der Waals surface area (Å²) in [6.07, 6.45) is 58.5. The third-order valence-corrected chi connectivity index (χ3v) is 11.4. The first-order chi connectivity index (χ1) is 29.5. The Morgan fingerprint density at radius 3 is 1.35 bits per heavy atom. The van der Waals surface area contributed by atoms with E-state index in [-0.39, 0.29) is 24.9 Å². The van der Waals surface area contributed by atoms with Crippen LogP contribution in [0.5, 0.6) is 0 Å². The highest BCUT2D eigenvalue weighted by molar-refractivity contribution is 5.77. The summed E-state index contributed by atoms with van der Waals surface area (Å²) in [6, 6.07) is -0.707. The second kappa shape index (κ2) is 47.6. The molecule has 0 fully saturated rings. The van der Waals surface area contributed by atoms with Crippen LogP contribution in [0.3, 0.4) is 0 Å². The van der Waals surface area contributed by atoms with Crippen molar-refractivity contribution in [1.82, 2.24) is 5.32 Å². The molecule has 0 aliphatic carbocycles. The standard InChI is InChI=1S/C54H97NO5/c1-4-7-10-13-16-19-22-24-25-26-27-28-29-30-32-35-38-41-44-47-54(59)60-50(45-42-39-36-33-21-18-15-12-9-6-3)48-53(58)55-51(49-56)52(57)46-43-40-37-34-31-23-20-17-14-11-8-5-2/h7,10,16,19,24-25,27-28,30,32,50-52,56-57H,4-6,8-9,11-15,17-18,20-23,26,29,31,33-49H2,1-3H3,(H,55,58)/b10-7-,19-16-,25-24-,28-27-,32-30-. The van der Waals surface area contributed by atoms with Crippen molar-refractivity contribution in [3.8, 4) is 0 Å². The van der Waals surface area contributed by atoms with E-state index in [9.17, 15) is 19.8 Å². The second-order valence-electron chi connectivity index (χ2n) is 17.2. The van der Waals surface area contributed by atoms with Gasteiger partial charge in [-0.2, -0.15) is 0 Å². The first-order valence-electron chi connectivity index (χ1n) is 25.5. The third-order valence-electron chi connectivity index (χ3n) is 11.4. The number of aliphatic hydroxyl groups is 2. The van der Waals surface area contributed by atoms with E-state index in [1.807, 2.05) is 0 Å². The van der Waals surface area contributed by atoms with Crippen molar-refractivity contribution in [1.29, 1.82) is 0 Å². The fourth-order valence-corrected chi connectivity index (χ4v) is 7.52. The van der Waals surface area contributed by atoms with Crippen LogP contribution >= 0.6 is 0 Å². The minimum Gasteiger partial charge on any atom is -0.462 e. The number of hydrogen-bond acceptors (Lipinski definition) is 5. The molecule has 0 aromatic carbocycles. The van der Waals surface area contributed by atoms with Gasteiger partial charge < -0.3 is 20.3 Å². The first-order valence-corrected chi connectivity index (χ1v) is 25.5. The Balaban J connectivity index is 4.55. The summed E-state index contributed by atoms with van der Waals surface area (Å²) in [6.45, 7) is 6.35. The van der Waals surface area contributed by atoms with Gasteiger partial charge in [0, 0.05) is 6.42 Å². The van der Waals surface area contributed by atoms with Crippen LogP contribution in [0, 0.1) is 0 Å². The predicted molar refractivity (Wildman–Crippen MR) is 259 cm³/mol. The van der Waals surface area contributed by atoms with Crippen LogP contribution in [0.1, 0.15) is 245 Å². The molecule has 0 rings (SSSR count). The topological polar surface area (TPSA) is 95.9 Å². The van der Waals surface area contributed by atoms with Gasteiger partial charge in [0.25, 0.3) is 0 Å². The molecule has 6 heteroatoms. The summed E-state index contributed by atoms with van der Waals surface area (Å²) in [7, 11) is 0. The van der Waals surface area contributed by atoms with Crippen LogP contribution in [-0.2, 0) is 14.3 Å². The van der Waals surface area contributed by atoms with Crippen molar-refractivity contribution in [3.05, 3.63) is 60.8 Å². The number of hydrogen-bond donors (Lipinski definition) is 3. The molecule has 0 heterocycles. The molecule has 0 saturated heterocycles. The number of carbonyl (C=O) groups is 2. The first kappa shape index (κ1) is 57.6. The van der Waals surface area contributed by atoms with E-state index >= 15 is 0 Å². The van der Waals surface area contributed by atoms with Crippen molar-refractivity contribution in [2.24, 2.45) is 0 Å². The highest BCUT2D eigenvalue weighted by Crippen LogP contribution is 2.18. The van der Waals surface area contributed by atoms with Crippen LogP contribution in [0.15, 0.2) is 60.8 Å². The molecule has 0 radical (unpaired) electrons. The Labute approximate surface area is 371 Å². The SMILES string of the molecule is CC/C=C\C/C=C\C/C=C\C/C=C\C/C=C\CCCCCC(=O)OC(CCCCCCCCCCCC)CC(=O)NC(CO)C(O)CCCCCCCCCCCCCC. The average Bonchev–Trinajstić information content (AvgIpc) is 3.24. The summed E-state index contributed by atoms with van der Waals surface area (Å²) in [5, 5.41) is 23.7. The highest BCUT2D eigenvalue weighted by Gasteiger charge is 2.24. The van der Waals surface area contributed by atoms with Crippen LogP contribution in [0.2, 0.25) is 0 Å². The number of nitrogens with one attached hydrogen (secondary N) is 1. The molecule has 3 unspecified atom stereocenters. The number of amides is 1. The third kappa shape index (κ3) is 42.3. The molecule has 3 N–H and O–H groups in total. The van der Waals surface area contributed by atoms with E-state index in [1.54, 1.807) is 0 Å². The van der Waals surface area contributed by atoms with Crippen molar-refractivity contribution in [2.75, 3.05) is 6.61 Å². The minimum atomic E-state index is -0.792. The number of carbonyl (C=O) groups excluding carboxylic acids is 2. The van der Waals surface area contributed by atoms with E-state index in [1.165, 1.54) is 103 Å². The number of ether oxygens (including phenoxy) is 1. The fourth-order valence-electron chi connectivity index (χ4n) is 7.52. The Kier molecular flexibility index (Phi) is 45.7. The molecule has 348 valence electrons. The number of esters is 1. The van der Waals surface area contributed by atoms with Gasteiger partial charge in [0.2, 0.25) is 5.91 Å². The lowest BCUT2D eigenvalue weighted by Crippen LogP contribution is -2.46. The van der Waals surface area contributed by atoms with Gasteiger partial charge in [-0.15, -0.1) is 0 Å². The minimum absolute atomic E-state index is 0.0645. The van der Waals surface area contributed by atoms with Gasteiger partial charge >= 0.3 is 5.97 Å². The second-order valence-corrected chi connectivity index (χ2v) is 17.2. The van der Waals surface area contributed by atoms with E-state index in [2.05, 4.69) is 86.8 Å². The largest absolute Gasteiger partial charge is 0.462 e. The molecule has 1 amide bonds. The lowest BCUT2D eigenvalue weighted by molar-refractivity contribution is -0.151. The molecule has 0 saturated carbocycles. The fraction of sp³-hybridized carbons (Fsp3) is 0.778. The molecule has 3 atom stereocenters. The zero-order valence-electron chi connectivity index (χ0n) is 39.6. The van der Waals surface area contributed by atoms with Crippen LogP contribution in [0.25, 0.3) is 0 Å². The highest BCUT2D eigenvalue weighted by atomic mass is 16.5. The molecule has 0 aromatic rings. The molecular formula is C54H97NO5. The molecule has 0 aliphatic rings. The Hall–Kier alpha value is -2.44. The normalized spacial score (nSPS) is 13.8. The van der Waals surface area contributed by atoms with E-state index in [4.69, 9.17) is 4.74 Å².